The summed E-state index contributed by atoms with van der Waals surface area (Å²) in [7, 11) is 0. The second-order valence-corrected chi connectivity index (χ2v) is 4.77. The molecular weight excluding hydrogens is 200 g/mol. The first-order valence-electron chi connectivity index (χ1n) is 5.51. The zero-order valence-electron chi connectivity index (χ0n) is 9.64. The van der Waals surface area contributed by atoms with Crippen molar-refractivity contribution in [3.63, 3.8) is 0 Å². The minimum atomic E-state index is -0.307. The molecule has 1 N–H and O–H groups in total. The number of nitriles is 1. The van der Waals surface area contributed by atoms with Gasteiger partial charge in [0.25, 0.3) is 0 Å². The molecule has 0 radical (unpaired) electrons. The van der Waals surface area contributed by atoms with Gasteiger partial charge in [-0.1, -0.05) is 6.07 Å². The number of nitrogens with zero attached hydrogens (tertiary/aromatic N) is 2. The van der Waals surface area contributed by atoms with Crippen LogP contribution in [0.15, 0.2) is 24.3 Å². The van der Waals surface area contributed by atoms with Crippen LogP contribution in [0, 0.1) is 11.3 Å². The fraction of sp³-hybridized carbons (Fsp3) is 0.462. The molecule has 0 spiro atoms. The van der Waals surface area contributed by atoms with E-state index in [0.29, 0.717) is 5.56 Å². The van der Waals surface area contributed by atoms with Gasteiger partial charge in [-0.2, -0.15) is 5.26 Å². The number of anilines is 1. The zero-order chi connectivity index (χ0) is 11.8. The number of aliphatic hydroxyl groups excluding tert-OH is 1. The molecule has 1 atom stereocenters. The third kappa shape index (κ3) is 1.66. The van der Waals surface area contributed by atoms with Gasteiger partial charge in [-0.25, -0.2) is 0 Å². The summed E-state index contributed by atoms with van der Waals surface area (Å²) in [6, 6.07) is 9.68. The van der Waals surface area contributed by atoms with Crippen molar-refractivity contribution in [1.29, 1.82) is 5.26 Å². The summed E-state index contributed by atoms with van der Waals surface area (Å²) in [4.78, 5) is 2.17. The number of rotatable bonds is 1. The molecule has 1 saturated heterocycles. The Morgan fingerprint density at radius 3 is 2.81 bits per heavy atom. The van der Waals surface area contributed by atoms with Crippen LogP contribution < -0.4 is 4.90 Å². The molecule has 0 bridgehead atoms. The van der Waals surface area contributed by atoms with Crippen LogP contribution in [0.1, 0.15) is 25.8 Å². The number of benzene rings is 1. The van der Waals surface area contributed by atoms with Gasteiger partial charge in [-0.15, -0.1) is 0 Å². The van der Waals surface area contributed by atoms with E-state index in [1.807, 2.05) is 32.0 Å². The van der Waals surface area contributed by atoms with Gasteiger partial charge in [0, 0.05) is 12.2 Å². The van der Waals surface area contributed by atoms with Crippen LogP contribution in [0.25, 0.3) is 0 Å². The number of hydrogen-bond donors (Lipinski definition) is 1. The molecule has 0 aliphatic carbocycles. The van der Waals surface area contributed by atoms with E-state index >= 15 is 0 Å². The summed E-state index contributed by atoms with van der Waals surface area (Å²) < 4.78 is 0. The first-order valence-corrected chi connectivity index (χ1v) is 5.51. The van der Waals surface area contributed by atoms with Crippen molar-refractivity contribution in [2.45, 2.75) is 31.9 Å². The maximum absolute atomic E-state index is 9.91. The van der Waals surface area contributed by atoms with Gasteiger partial charge < -0.3 is 10.0 Å². The smallest absolute Gasteiger partial charge is 0.0992 e. The predicted octanol–water partition coefficient (Wildman–Crippen LogP) is 1.91. The number of hydrogen-bond acceptors (Lipinski definition) is 3. The van der Waals surface area contributed by atoms with Crippen molar-refractivity contribution in [2.24, 2.45) is 0 Å². The molecule has 2 rings (SSSR count). The van der Waals surface area contributed by atoms with Crippen LogP contribution >= 0.6 is 0 Å². The first-order chi connectivity index (χ1) is 7.55. The van der Waals surface area contributed by atoms with Crippen molar-refractivity contribution >= 4 is 5.69 Å². The van der Waals surface area contributed by atoms with E-state index in [1.54, 1.807) is 6.07 Å². The Labute approximate surface area is 95.9 Å². The lowest BCUT2D eigenvalue weighted by Crippen LogP contribution is -2.45. The highest BCUT2D eigenvalue weighted by atomic mass is 16.3. The van der Waals surface area contributed by atoms with E-state index < -0.39 is 0 Å². The Kier molecular flexibility index (Phi) is 2.61. The summed E-state index contributed by atoms with van der Waals surface area (Å²) >= 11 is 0. The Morgan fingerprint density at radius 2 is 2.25 bits per heavy atom. The van der Waals surface area contributed by atoms with Gasteiger partial charge in [0.1, 0.15) is 0 Å². The summed E-state index contributed by atoms with van der Waals surface area (Å²) in [5.74, 6) is 0. The molecule has 1 aromatic rings. The average molecular weight is 216 g/mol. The minimum Gasteiger partial charge on any atom is -0.391 e. The quantitative estimate of drug-likeness (QED) is 0.780. The molecule has 1 unspecified atom stereocenters. The Morgan fingerprint density at radius 1 is 1.50 bits per heavy atom. The van der Waals surface area contributed by atoms with Crippen LogP contribution in [0.3, 0.4) is 0 Å². The lowest BCUT2D eigenvalue weighted by Gasteiger charge is -2.35. The van der Waals surface area contributed by atoms with Crippen LogP contribution in [0.4, 0.5) is 5.69 Å². The van der Waals surface area contributed by atoms with Crippen molar-refractivity contribution in [2.75, 3.05) is 11.4 Å². The van der Waals surface area contributed by atoms with E-state index in [4.69, 9.17) is 5.26 Å². The predicted molar refractivity (Wildman–Crippen MR) is 63.2 cm³/mol. The van der Waals surface area contributed by atoms with Gasteiger partial charge in [0.2, 0.25) is 0 Å². The third-order valence-electron chi connectivity index (χ3n) is 3.42. The standard InChI is InChI=1S/C13H16N2O/c1-13(2)12(16)6-7-15(13)11-5-3-4-10(8-11)9-14/h3-5,8,12,16H,6-7H2,1-2H3. The minimum absolute atomic E-state index is 0.256. The van der Waals surface area contributed by atoms with Gasteiger partial charge in [0.15, 0.2) is 0 Å². The lowest BCUT2D eigenvalue weighted by molar-refractivity contribution is 0.127. The van der Waals surface area contributed by atoms with E-state index in [9.17, 15) is 5.11 Å². The zero-order valence-corrected chi connectivity index (χ0v) is 9.64. The van der Waals surface area contributed by atoms with Crippen LogP contribution in [0.5, 0.6) is 0 Å². The SMILES string of the molecule is CC1(C)C(O)CCN1c1cccc(C#N)c1. The summed E-state index contributed by atoms with van der Waals surface area (Å²) in [6.45, 7) is 4.90. The van der Waals surface area contributed by atoms with Crippen LogP contribution in [-0.4, -0.2) is 23.3 Å². The van der Waals surface area contributed by atoms with Gasteiger partial charge in [0.05, 0.1) is 23.3 Å². The molecular formula is C13H16N2O. The highest BCUT2D eigenvalue weighted by Gasteiger charge is 2.40. The molecule has 1 aliphatic heterocycles. The highest BCUT2D eigenvalue weighted by molar-refractivity contribution is 5.54. The average Bonchev–Trinajstić information content (AvgIpc) is 2.54. The second-order valence-electron chi connectivity index (χ2n) is 4.77. The van der Waals surface area contributed by atoms with Crippen molar-refractivity contribution in [3.8, 4) is 6.07 Å². The van der Waals surface area contributed by atoms with Crippen LogP contribution in [-0.2, 0) is 0 Å². The van der Waals surface area contributed by atoms with E-state index in [-0.39, 0.29) is 11.6 Å². The topological polar surface area (TPSA) is 47.3 Å². The maximum atomic E-state index is 9.91. The normalized spacial score (nSPS) is 23.1. The molecule has 1 fully saturated rings. The number of aliphatic hydroxyl groups is 1. The Hall–Kier alpha value is -1.53. The van der Waals surface area contributed by atoms with Crippen molar-refractivity contribution < 1.29 is 5.11 Å². The lowest BCUT2D eigenvalue weighted by atomic mass is 9.98. The molecule has 0 aromatic heterocycles. The molecule has 0 saturated carbocycles. The van der Waals surface area contributed by atoms with E-state index in [0.717, 1.165) is 18.7 Å². The van der Waals surface area contributed by atoms with Crippen molar-refractivity contribution in [3.05, 3.63) is 29.8 Å². The van der Waals surface area contributed by atoms with Gasteiger partial charge >= 0.3 is 0 Å². The molecule has 0 amide bonds. The van der Waals surface area contributed by atoms with E-state index in [2.05, 4.69) is 11.0 Å². The fourth-order valence-corrected chi connectivity index (χ4v) is 2.28. The largest absolute Gasteiger partial charge is 0.391 e. The molecule has 1 aliphatic rings. The second kappa shape index (κ2) is 3.80. The monoisotopic (exact) mass is 216 g/mol. The van der Waals surface area contributed by atoms with Gasteiger partial charge in [-0.05, 0) is 38.5 Å². The molecule has 3 nitrogen and oxygen atoms in total. The molecule has 16 heavy (non-hydrogen) atoms. The maximum Gasteiger partial charge on any atom is 0.0992 e. The molecule has 84 valence electrons. The Bertz CT molecular complexity index is 434. The fourth-order valence-electron chi connectivity index (χ4n) is 2.28. The van der Waals surface area contributed by atoms with Crippen molar-refractivity contribution in [1.82, 2.24) is 0 Å². The molecule has 1 aromatic carbocycles. The Balaban J connectivity index is 2.35. The molecule has 1 heterocycles. The third-order valence-corrected chi connectivity index (χ3v) is 3.42. The highest BCUT2D eigenvalue weighted by Crippen LogP contribution is 2.34. The summed E-state index contributed by atoms with van der Waals surface area (Å²) in [5.41, 5.74) is 1.42. The summed E-state index contributed by atoms with van der Waals surface area (Å²) in [5, 5.41) is 18.8. The summed E-state index contributed by atoms with van der Waals surface area (Å²) in [6.07, 6.45) is 0.474. The van der Waals surface area contributed by atoms with E-state index in [1.165, 1.54) is 0 Å². The van der Waals surface area contributed by atoms with Crippen LogP contribution in [0.2, 0.25) is 0 Å². The molecule has 3 heteroatoms. The first kappa shape index (κ1) is 11.0. The van der Waals surface area contributed by atoms with Gasteiger partial charge in [-0.3, -0.25) is 0 Å².